The van der Waals surface area contributed by atoms with Crippen LogP contribution in [-0.2, 0) is 4.79 Å². The Hall–Kier alpha value is -0.610. The molecule has 70 valence electrons. The van der Waals surface area contributed by atoms with E-state index in [1.54, 1.807) is 6.92 Å². The van der Waals surface area contributed by atoms with Crippen molar-refractivity contribution < 1.29 is 10.0 Å². The van der Waals surface area contributed by atoms with Crippen LogP contribution in [0.4, 0.5) is 0 Å². The van der Waals surface area contributed by atoms with Gasteiger partial charge in [-0.2, -0.15) is 0 Å². The van der Waals surface area contributed by atoms with Gasteiger partial charge >= 0.3 is 0 Å². The van der Waals surface area contributed by atoms with Gasteiger partial charge in [-0.1, -0.05) is 6.92 Å². The molecule has 2 N–H and O–H groups in total. The summed E-state index contributed by atoms with van der Waals surface area (Å²) in [5, 5.41) is 13.0. The predicted octanol–water partition coefficient (Wildman–Crippen LogP) is 0.222. The minimum atomic E-state index is -0.206. The number of amides is 1. The highest BCUT2D eigenvalue weighted by Gasteiger charge is 2.31. The van der Waals surface area contributed by atoms with E-state index in [0.717, 1.165) is 18.0 Å². The molecule has 1 saturated heterocycles. The average Bonchev–Trinajstić information content (AvgIpc) is 2.48. The first-order valence-corrected chi connectivity index (χ1v) is 4.40. The first kappa shape index (κ1) is 9.48. The Balaban J connectivity index is 2.51. The molecule has 4 heteroatoms. The van der Waals surface area contributed by atoms with Crippen molar-refractivity contribution in [1.82, 2.24) is 10.4 Å². The number of nitrogens with zero attached hydrogens (tertiary/aromatic N) is 1. The second kappa shape index (κ2) is 3.87. The Morgan fingerprint density at radius 3 is 2.83 bits per heavy atom. The van der Waals surface area contributed by atoms with Crippen molar-refractivity contribution in [1.29, 1.82) is 0 Å². The summed E-state index contributed by atoms with van der Waals surface area (Å²) in [6.07, 6.45) is 1.01. The highest BCUT2D eigenvalue weighted by molar-refractivity contribution is 5.81. The second-order valence-corrected chi connectivity index (χ2v) is 3.25. The monoisotopic (exact) mass is 172 g/mol. The fourth-order valence-electron chi connectivity index (χ4n) is 1.48. The Labute approximate surface area is 72.5 Å². The third kappa shape index (κ3) is 1.76. The molecular formula is C8H16N2O2. The lowest BCUT2D eigenvalue weighted by molar-refractivity contribution is -0.167. The molecule has 1 amide bonds. The molecule has 0 aromatic rings. The number of rotatable bonds is 2. The van der Waals surface area contributed by atoms with E-state index >= 15 is 0 Å². The van der Waals surface area contributed by atoms with Gasteiger partial charge in [0.25, 0.3) is 5.91 Å². The minimum Gasteiger partial charge on any atom is -0.306 e. The van der Waals surface area contributed by atoms with Gasteiger partial charge in [-0.25, -0.2) is 5.06 Å². The van der Waals surface area contributed by atoms with E-state index in [4.69, 9.17) is 5.21 Å². The number of hydroxylamine groups is 2. The summed E-state index contributed by atoms with van der Waals surface area (Å²) in [6, 6.07) is -0.185. The molecule has 0 aromatic heterocycles. The summed E-state index contributed by atoms with van der Waals surface area (Å²) < 4.78 is 0. The third-order valence-electron chi connectivity index (χ3n) is 2.35. The number of likely N-dealkylation sites (N-methyl/N-ethyl adjacent to an activating group) is 1. The molecule has 1 rings (SSSR count). The van der Waals surface area contributed by atoms with Gasteiger partial charge in [0.2, 0.25) is 0 Å². The molecular weight excluding hydrogens is 156 g/mol. The molecule has 1 aliphatic heterocycles. The smallest absolute Gasteiger partial charge is 0.263 e. The molecule has 0 aromatic carbocycles. The van der Waals surface area contributed by atoms with Crippen molar-refractivity contribution in [3.63, 3.8) is 0 Å². The quantitative estimate of drug-likeness (QED) is 0.463. The van der Waals surface area contributed by atoms with Gasteiger partial charge in [0.05, 0.1) is 6.04 Å². The maximum Gasteiger partial charge on any atom is 0.263 e. The van der Waals surface area contributed by atoms with Crippen LogP contribution in [0, 0.1) is 5.92 Å². The molecule has 0 radical (unpaired) electrons. The summed E-state index contributed by atoms with van der Waals surface area (Å²) in [4.78, 5) is 11.4. The molecule has 1 fully saturated rings. The van der Waals surface area contributed by atoms with E-state index in [2.05, 4.69) is 5.32 Å². The number of carbonyl (C=O) groups is 1. The number of hydrogen-bond acceptors (Lipinski definition) is 3. The van der Waals surface area contributed by atoms with E-state index in [9.17, 15) is 4.79 Å². The minimum absolute atomic E-state index is 0.185. The summed E-state index contributed by atoms with van der Waals surface area (Å²) >= 11 is 0. The van der Waals surface area contributed by atoms with E-state index in [1.165, 1.54) is 0 Å². The summed E-state index contributed by atoms with van der Waals surface area (Å²) in [5.41, 5.74) is 0. The lowest BCUT2D eigenvalue weighted by Gasteiger charge is -2.20. The molecule has 2 unspecified atom stereocenters. The maximum atomic E-state index is 11.4. The summed E-state index contributed by atoms with van der Waals surface area (Å²) in [5.74, 6) is 0.126. The number of hydrogen-bond donors (Lipinski definition) is 2. The fraction of sp³-hybridized carbons (Fsp3) is 0.875. The molecule has 0 bridgehead atoms. The maximum absolute atomic E-state index is 11.4. The Bertz CT molecular complexity index is 172. The van der Waals surface area contributed by atoms with Gasteiger partial charge in [0.1, 0.15) is 0 Å². The molecule has 12 heavy (non-hydrogen) atoms. The van der Waals surface area contributed by atoms with Crippen molar-refractivity contribution in [3.8, 4) is 0 Å². The van der Waals surface area contributed by atoms with Crippen LogP contribution in [-0.4, -0.2) is 35.3 Å². The average molecular weight is 172 g/mol. The van der Waals surface area contributed by atoms with Crippen LogP contribution in [0.3, 0.4) is 0 Å². The summed E-state index contributed by atoms with van der Waals surface area (Å²) in [7, 11) is 0. The van der Waals surface area contributed by atoms with Crippen LogP contribution < -0.4 is 5.32 Å². The first-order valence-electron chi connectivity index (χ1n) is 4.40. The predicted molar refractivity (Wildman–Crippen MR) is 44.7 cm³/mol. The van der Waals surface area contributed by atoms with Gasteiger partial charge in [0, 0.05) is 6.54 Å². The first-order chi connectivity index (χ1) is 5.66. The molecule has 1 heterocycles. The van der Waals surface area contributed by atoms with Gasteiger partial charge in [0.15, 0.2) is 0 Å². The SMILES string of the molecule is CCN(O)C(=O)C1NCCC1C. The third-order valence-corrected chi connectivity index (χ3v) is 2.35. The van der Waals surface area contributed by atoms with Crippen molar-refractivity contribution in [3.05, 3.63) is 0 Å². The van der Waals surface area contributed by atoms with Crippen molar-refractivity contribution >= 4 is 5.91 Å². The molecule has 2 atom stereocenters. The Morgan fingerprint density at radius 2 is 2.42 bits per heavy atom. The molecule has 4 nitrogen and oxygen atoms in total. The van der Waals surface area contributed by atoms with Gasteiger partial charge in [-0.05, 0) is 25.8 Å². The van der Waals surface area contributed by atoms with E-state index in [1.807, 2.05) is 6.92 Å². The normalized spacial score (nSPS) is 28.9. The van der Waals surface area contributed by atoms with E-state index < -0.39 is 0 Å². The van der Waals surface area contributed by atoms with Crippen LogP contribution in [0.1, 0.15) is 20.3 Å². The molecule has 0 spiro atoms. The van der Waals surface area contributed by atoms with Crippen LogP contribution in [0.2, 0.25) is 0 Å². The Kier molecular flexibility index (Phi) is 3.05. The van der Waals surface area contributed by atoms with Crippen LogP contribution in [0.5, 0.6) is 0 Å². The van der Waals surface area contributed by atoms with Gasteiger partial charge in [-0.3, -0.25) is 10.0 Å². The molecule has 1 aliphatic rings. The lowest BCUT2D eigenvalue weighted by atomic mass is 10.0. The number of carbonyl (C=O) groups excluding carboxylic acids is 1. The van der Waals surface area contributed by atoms with E-state index in [-0.39, 0.29) is 11.9 Å². The standard InChI is InChI=1S/C8H16N2O2/c1-3-10(12)8(11)7-6(2)4-5-9-7/h6-7,9,12H,3-5H2,1-2H3. The summed E-state index contributed by atoms with van der Waals surface area (Å²) in [6.45, 7) is 4.99. The van der Waals surface area contributed by atoms with Gasteiger partial charge in [-0.15, -0.1) is 0 Å². The van der Waals surface area contributed by atoms with Crippen molar-refractivity contribution in [2.24, 2.45) is 5.92 Å². The highest BCUT2D eigenvalue weighted by atomic mass is 16.5. The zero-order chi connectivity index (χ0) is 9.14. The lowest BCUT2D eigenvalue weighted by Crippen LogP contribution is -2.44. The van der Waals surface area contributed by atoms with Crippen LogP contribution >= 0.6 is 0 Å². The molecule has 0 saturated carbocycles. The van der Waals surface area contributed by atoms with Crippen molar-refractivity contribution in [2.75, 3.05) is 13.1 Å². The fourth-order valence-corrected chi connectivity index (χ4v) is 1.48. The van der Waals surface area contributed by atoms with Gasteiger partial charge < -0.3 is 5.32 Å². The zero-order valence-electron chi connectivity index (χ0n) is 7.58. The number of nitrogens with one attached hydrogen (secondary N) is 1. The Morgan fingerprint density at radius 1 is 1.75 bits per heavy atom. The van der Waals surface area contributed by atoms with Crippen LogP contribution in [0.25, 0.3) is 0 Å². The van der Waals surface area contributed by atoms with Crippen LogP contribution in [0.15, 0.2) is 0 Å². The highest BCUT2D eigenvalue weighted by Crippen LogP contribution is 2.15. The molecule has 0 aliphatic carbocycles. The topological polar surface area (TPSA) is 52.6 Å². The van der Waals surface area contributed by atoms with Crippen molar-refractivity contribution in [2.45, 2.75) is 26.3 Å². The zero-order valence-corrected chi connectivity index (χ0v) is 7.58. The largest absolute Gasteiger partial charge is 0.306 e. The second-order valence-electron chi connectivity index (χ2n) is 3.25. The van der Waals surface area contributed by atoms with E-state index in [0.29, 0.717) is 12.5 Å².